The Balaban J connectivity index is 2.10. The average molecular weight is 299 g/mol. The number of nitrogens with zero attached hydrogens (tertiary/aromatic N) is 2. The summed E-state index contributed by atoms with van der Waals surface area (Å²) >= 11 is 0. The first kappa shape index (κ1) is 16.3. The summed E-state index contributed by atoms with van der Waals surface area (Å²) in [5.41, 5.74) is 5.04. The number of aryl methyl sites for hydroxylation is 2. The van der Waals surface area contributed by atoms with Gasteiger partial charge >= 0.3 is 0 Å². The molecular weight excluding hydrogens is 274 g/mol. The van der Waals surface area contributed by atoms with E-state index in [2.05, 4.69) is 24.3 Å². The van der Waals surface area contributed by atoms with Crippen LogP contribution in [0.4, 0.5) is 5.69 Å². The maximum Gasteiger partial charge on any atom is 0.228 e. The molecular formula is C18H25N3O. The van der Waals surface area contributed by atoms with Gasteiger partial charge in [0.25, 0.3) is 0 Å². The fourth-order valence-corrected chi connectivity index (χ4v) is 2.60. The number of benzene rings is 1. The SMILES string of the molecule is Cc1cccc(NC(=O)Cc2c(C)nn(CC(C)C)c2C)c1. The average Bonchev–Trinajstić information content (AvgIpc) is 2.66. The molecule has 0 spiro atoms. The Hall–Kier alpha value is -2.10. The minimum atomic E-state index is 0.000830. The van der Waals surface area contributed by atoms with Crippen LogP contribution in [0.1, 0.15) is 36.4 Å². The highest BCUT2D eigenvalue weighted by molar-refractivity contribution is 5.92. The summed E-state index contributed by atoms with van der Waals surface area (Å²) in [6.07, 6.45) is 0.365. The largest absolute Gasteiger partial charge is 0.326 e. The van der Waals surface area contributed by atoms with Gasteiger partial charge < -0.3 is 5.32 Å². The zero-order valence-electron chi connectivity index (χ0n) is 14.1. The van der Waals surface area contributed by atoms with Crippen molar-refractivity contribution in [3.63, 3.8) is 0 Å². The van der Waals surface area contributed by atoms with Crippen LogP contribution in [0, 0.1) is 26.7 Å². The summed E-state index contributed by atoms with van der Waals surface area (Å²) in [4.78, 5) is 12.3. The molecule has 0 unspecified atom stereocenters. The van der Waals surface area contributed by atoms with Crippen molar-refractivity contribution < 1.29 is 4.79 Å². The molecule has 2 aromatic rings. The van der Waals surface area contributed by atoms with Crippen LogP contribution < -0.4 is 5.32 Å². The van der Waals surface area contributed by atoms with E-state index in [1.165, 1.54) is 0 Å². The van der Waals surface area contributed by atoms with Crippen molar-refractivity contribution in [1.82, 2.24) is 9.78 Å². The summed E-state index contributed by atoms with van der Waals surface area (Å²) in [6.45, 7) is 11.2. The maximum atomic E-state index is 12.3. The van der Waals surface area contributed by atoms with Gasteiger partial charge in [-0.2, -0.15) is 5.10 Å². The van der Waals surface area contributed by atoms with Crippen LogP contribution in [0.2, 0.25) is 0 Å². The van der Waals surface area contributed by atoms with Crippen molar-refractivity contribution in [1.29, 1.82) is 0 Å². The third-order valence-electron chi connectivity index (χ3n) is 3.71. The molecule has 1 aromatic carbocycles. The van der Waals surface area contributed by atoms with Crippen LogP contribution in [-0.2, 0) is 17.8 Å². The molecule has 0 saturated heterocycles. The van der Waals surface area contributed by atoms with Gasteiger partial charge in [0.1, 0.15) is 0 Å². The van der Waals surface area contributed by atoms with E-state index in [9.17, 15) is 4.79 Å². The third kappa shape index (κ3) is 3.97. The second kappa shape index (κ2) is 6.77. The molecule has 0 saturated carbocycles. The number of anilines is 1. The molecule has 1 heterocycles. The van der Waals surface area contributed by atoms with Crippen molar-refractivity contribution in [2.75, 3.05) is 5.32 Å². The lowest BCUT2D eigenvalue weighted by molar-refractivity contribution is -0.115. The number of hydrogen-bond donors (Lipinski definition) is 1. The lowest BCUT2D eigenvalue weighted by Gasteiger charge is -2.08. The van der Waals surface area contributed by atoms with E-state index in [-0.39, 0.29) is 5.91 Å². The van der Waals surface area contributed by atoms with Gasteiger partial charge in [-0.1, -0.05) is 26.0 Å². The van der Waals surface area contributed by atoms with Crippen molar-refractivity contribution in [2.24, 2.45) is 5.92 Å². The van der Waals surface area contributed by atoms with Crippen LogP contribution in [0.25, 0.3) is 0 Å². The molecule has 0 atom stereocenters. The van der Waals surface area contributed by atoms with E-state index < -0.39 is 0 Å². The zero-order valence-corrected chi connectivity index (χ0v) is 14.1. The number of hydrogen-bond acceptors (Lipinski definition) is 2. The molecule has 1 amide bonds. The van der Waals surface area contributed by atoms with Crippen LogP contribution in [0.5, 0.6) is 0 Å². The summed E-state index contributed by atoms with van der Waals surface area (Å²) in [7, 11) is 0. The maximum absolute atomic E-state index is 12.3. The second-order valence-corrected chi connectivity index (χ2v) is 6.32. The molecule has 0 aliphatic heterocycles. The predicted molar refractivity (Wildman–Crippen MR) is 90.1 cm³/mol. The normalized spacial score (nSPS) is 11.0. The number of carbonyl (C=O) groups is 1. The first-order valence-corrected chi connectivity index (χ1v) is 7.76. The molecule has 0 aliphatic rings. The topological polar surface area (TPSA) is 46.9 Å². The summed E-state index contributed by atoms with van der Waals surface area (Å²) in [5.74, 6) is 0.535. The Labute approximate surface area is 132 Å². The van der Waals surface area contributed by atoms with Crippen LogP contribution in [0.3, 0.4) is 0 Å². The minimum absolute atomic E-state index is 0.000830. The van der Waals surface area contributed by atoms with Crippen LogP contribution in [-0.4, -0.2) is 15.7 Å². The molecule has 0 bridgehead atoms. The summed E-state index contributed by atoms with van der Waals surface area (Å²) < 4.78 is 2.01. The van der Waals surface area contributed by atoms with E-state index >= 15 is 0 Å². The lowest BCUT2D eigenvalue weighted by Crippen LogP contribution is -2.15. The molecule has 1 aromatic heterocycles. The van der Waals surface area contributed by atoms with Gasteiger partial charge in [0, 0.05) is 23.5 Å². The Morgan fingerprint density at radius 3 is 2.64 bits per heavy atom. The van der Waals surface area contributed by atoms with Crippen molar-refractivity contribution in [3.05, 3.63) is 46.8 Å². The van der Waals surface area contributed by atoms with Crippen molar-refractivity contribution in [2.45, 2.75) is 47.6 Å². The number of aromatic nitrogens is 2. The van der Waals surface area contributed by atoms with Gasteiger partial charge in [0.05, 0.1) is 12.1 Å². The quantitative estimate of drug-likeness (QED) is 0.916. The van der Waals surface area contributed by atoms with Gasteiger partial charge in [-0.15, -0.1) is 0 Å². The van der Waals surface area contributed by atoms with Gasteiger partial charge in [-0.3, -0.25) is 9.48 Å². The van der Waals surface area contributed by atoms with E-state index in [0.29, 0.717) is 12.3 Å². The van der Waals surface area contributed by atoms with E-state index in [1.54, 1.807) is 0 Å². The highest BCUT2D eigenvalue weighted by Gasteiger charge is 2.15. The van der Waals surface area contributed by atoms with Gasteiger partial charge in [-0.05, 0) is 44.4 Å². The Morgan fingerprint density at radius 1 is 1.27 bits per heavy atom. The fourth-order valence-electron chi connectivity index (χ4n) is 2.60. The first-order chi connectivity index (χ1) is 10.4. The number of nitrogens with one attached hydrogen (secondary N) is 1. The predicted octanol–water partition coefficient (Wildman–Crippen LogP) is 3.65. The van der Waals surface area contributed by atoms with Gasteiger partial charge in [-0.25, -0.2) is 0 Å². The molecule has 0 fully saturated rings. The van der Waals surface area contributed by atoms with Crippen molar-refractivity contribution in [3.8, 4) is 0 Å². The Morgan fingerprint density at radius 2 is 2.00 bits per heavy atom. The van der Waals surface area contributed by atoms with Gasteiger partial charge in [0.2, 0.25) is 5.91 Å². The molecule has 2 rings (SSSR count). The third-order valence-corrected chi connectivity index (χ3v) is 3.71. The molecule has 22 heavy (non-hydrogen) atoms. The van der Waals surface area contributed by atoms with Crippen LogP contribution >= 0.6 is 0 Å². The summed E-state index contributed by atoms with van der Waals surface area (Å²) in [5, 5.41) is 7.52. The number of carbonyl (C=O) groups excluding carboxylic acids is 1. The molecule has 118 valence electrons. The molecule has 4 nitrogen and oxygen atoms in total. The monoisotopic (exact) mass is 299 g/mol. The van der Waals surface area contributed by atoms with E-state index in [4.69, 9.17) is 0 Å². The standard InChI is InChI=1S/C18H25N3O/c1-12(2)11-21-15(5)17(14(4)20-21)10-18(22)19-16-8-6-7-13(3)9-16/h6-9,12H,10-11H2,1-5H3,(H,19,22). The molecule has 0 radical (unpaired) electrons. The fraction of sp³-hybridized carbons (Fsp3) is 0.444. The smallest absolute Gasteiger partial charge is 0.228 e. The molecule has 0 aliphatic carbocycles. The van der Waals surface area contributed by atoms with Crippen molar-refractivity contribution >= 4 is 11.6 Å². The second-order valence-electron chi connectivity index (χ2n) is 6.32. The number of rotatable bonds is 5. The first-order valence-electron chi connectivity index (χ1n) is 7.76. The highest BCUT2D eigenvalue weighted by atomic mass is 16.1. The zero-order chi connectivity index (χ0) is 16.3. The highest BCUT2D eigenvalue weighted by Crippen LogP contribution is 2.17. The lowest BCUT2D eigenvalue weighted by atomic mass is 10.1. The minimum Gasteiger partial charge on any atom is -0.326 e. The summed E-state index contributed by atoms with van der Waals surface area (Å²) in [6, 6.07) is 7.84. The molecule has 1 N–H and O–H groups in total. The van der Waals surface area contributed by atoms with E-state index in [1.807, 2.05) is 49.7 Å². The van der Waals surface area contributed by atoms with Crippen LogP contribution in [0.15, 0.2) is 24.3 Å². The Bertz CT molecular complexity index is 671. The van der Waals surface area contributed by atoms with Gasteiger partial charge in [0.15, 0.2) is 0 Å². The number of amides is 1. The van der Waals surface area contributed by atoms with E-state index in [0.717, 1.165) is 34.7 Å². The molecule has 4 heteroatoms. The Kier molecular flexibility index (Phi) is 5.01.